The van der Waals surface area contributed by atoms with Crippen LogP contribution in [0.5, 0.6) is 0 Å². The Balaban J connectivity index is 2.95. The molecule has 1 rings (SSSR count). The fourth-order valence-electron chi connectivity index (χ4n) is 0.886. The molecule has 0 fully saturated rings. The van der Waals surface area contributed by atoms with E-state index in [9.17, 15) is 0 Å². The molecule has 1 unspecified atom stereocenters. The molecule has 2 nitrogen and oxygen atoms in total. The van der Waals surface area contributed by atoms with Crippen molar-refractivity contribution in [3.05, 3.63) is 21.9 Å². The van der Waals surface area contributed by atoms with Crippen molar-refractivity contribution >= 4 is 11.3 Å². The summed E-state index contributed by atoms with van der Waals surface area (Å²) in [5.41, 5.74) is 6.50. The molecular formula is C8H10N2S. The van der Waals surface area contributed by atoms with Gasteiger partial charge in [-0.3, -0.25) is 0 Å². The van der Waals surface area contributed by atoms with Gasteiger partial charge in [0.1, 0.15) is 6.07 Å². The third-order valence-corrected chi connectivity index (χ3v) is 2.64. The minimum Gasteiger partial charge on any atom is -0.323 e. The predicted molar refractivity (Wildman–Crippen MR) is 46.3 cm³/mol. The van der Waals surface area contributed by atoms with Gasteiger partial charge in [0, 0.05) is 10.9 Å². The molecule has 0 aliphatic rings. The molecule has 0 amide bonds. The number of hydrogen-bond acceptors (Lipinski definition) is 3. The Bertz CT molecular complexity index is 272. The maximum Gasteiger partial charge on any atom is 0.100 e. The van der Waals surface area contributed by atoms with Gasteiger partial charge < -0.3 is 5.73 Å². The van der Waals surface area contributed by atoms with Crippen molar-refractivity contribution in [1.29, 1.82) is 5.26 Å². The Labute approximate surface area is 70.3 Å². The lowest BCUT2D eigenvalue weighted by Crippen LogP contribution is -2.07. The molecule has 1 aromatic rings. The number of hydrogen-bond donors (Lipinski definition) is 1. The van der Waals surface area contributed by atoms with E-state index in [1.54, 1.807) is 11.3 Å². The largest absolute Gasteiger partial charge is 0.323 e. The van der Waals surface area contributed by atoms with Gasteiger partial charge in [-0.1, -0.05) is 6.92 Å². The molecule has 1 atom stereocenters. The van der Waals surface area contributed by atoms with Crippen LogP contribution >= 0.6 is 11.3 Å². The molecule has 3 heteroatoms. The molecule has 2 N–H and O–H groups in total. The summed E-state index contributed by atoms with van der Waals surface area (Å²) < 4.78 is 0. The van der Waals surface area contributed by atoms with E-state index in [1.165, 1.54) is 0 Å². The first kappa shape index (κ1) is 8.25. The summed E-state index contributed by atoms with van der Waals surface area (Å²) in [4.78, 5) is 1.01. The molecule has 0 saturated heterocycles. The predicted octanol–water partition coefficient (Wildman–Crippen LogP) is 2.03. The van der Waals surface area contributed by atoms with E-state index in [0.29, 0.717) is 0 Å². The van der Waals surface area contributed by atoms with E-state index in [-0.39, 0.29) is 6.04 Å². The number of nitrogens with two attached hydrogens (primary N) is 1. The Hall–Kier alpha value is -0.850. The SMILES string of the molecule is CCC(N)c1sccc1C#N. The molecule has 58 valence electrons. The van der Waals surface area contributed by atoms with Gasteiger partial charge in [-0.15, -0.1) is 11.3 Å². The van der Waals surface area contributed by atoms with Crippen LogP contribution in [-0.2, 0) is 0 Å². The molecule has 0 radical (unpaired) electrons. The number of nitriles is 1. The molecule has 0 saturated carbocycles. The third-order valence-electron chi connectivity index (χ3n) is 1.59. The minimum absolute atomic E-state index is 0.0321. The zero-order valence-electron chi connectivity index (χ0n) is 6.37. The molecule has 0 aromatic carbocycles. The molecule has 0 aliphatic heterocycles. The van der Waals surface area contributed by atoms with E-state index in [2.05, 4.69) is 6.07 Å². The lowest BCUT2D eigenvalue weighted by atomic mass is 10.1. The van der Waals surface area contributed by atoms with Crippen molar-refractivity contribution < 1.29 is 0 Å². The van der Waals surface area contributed by atoms with E-state index in [1.807, 2.05) is 18.4 Å². The summed E-state index contributed by atoms with van der Waals surface area (Å²) in [6.45, 7) is 2.02. The first-order valence-corrected chi connectivity index (χ1v) is 4.40. The van der Waals surface area contributed by atoms with Gasteiger partial charge in [0.05, 0.1) is 5.56 Å². The summed E-state index contributed by atoms with van der Waals surface area (Å²) >= 11 is 1.56. The van der Waals surface area contributed by atoms with Crippen molar-refractivity contribution in [2.75, 3.05) is 0 Å². The highest BCUT2D eigenvalue weighted by molar-refractivity contribution is 7.10. The first-order chi connectivity index (χ1) is 5.29. The van der Waals surface area contributed by atoms with Crippen LogP contribution in [0.1, 0.15) is 29.8 Å². The van der Waals surface area contributed by atoms with E-state index in [4.69, 9.17) is 11.0 Å². The molecular weight excluding hydrogens is 156 g/mol. The van der Waals surface area contributed by atoms with Crippen LogP contribution in [0, 0.1) is 11.3 Å². The topological polar surface area (TPSA) is 49.8 Å². The maximum atomic E-state index is 8.65. The van der Waals surface area contributed by atoms with Crippen LogP contribution in [0.25, 0.3) is 0 Å². The standard InChI is InChI=1S/C8H10N2S/c1-2-7(10)8-6(5-9)3-4-11-8/h3-4,7H,2,10H2,1H3. The molecule has 1 aromatic heterocycles. The zero-order valence-corrected chi connectivity index (χ0v) is 7.19. The summed E-state index contributed by atoms with van der Waals surface area (Å²) in [7, 11) is 0. The maximum absolute atomic E-state index is 8.65. The Morgan fingerprint density at radius 1 is 1.82 bits per heavy atom. The lowest BCUT2D eigenvalue weighted by Gasteiger charge is -2.04. The summed E-state index contributed by atoms with van der Waals surface area (Å²) in [5, 5.41) is 10.6. The van der Waals surface area contributed by atoms with Gasteiger partial charge in [-0.25, -0.2) is 0 Å². The third kappa shape index (κ3) is 1.59. The van der Waals surface area contributed by atoms with Crippen LogP contribution < -0.4 is 5.73 Å². The Morgan fingerprint density at radius 3 is 3.09 bits per heavy atom. The van der Waals surface area contributed by atoms with Gasteiger partial charge in [-0.2, -0.15) is 5.26 Å². The van der Waals surface area contributed by atoms with Gasteiger partial charge in [0.15, 0.2) is 0 Å². The average molecular weight is 166 g/mol. The quantitative estimate of drug-likeness (QED) is 0.730. The molecule has 0 spiro atoms. The van der Waals surface area contributed by atoms with E-state index < -0.39 is 0 Å². The fraction of sp³-hybridized carbons (Fsp3) is 0.375. The summed E-state index contributed by atoms with van der Waals surface area (Å²) in [6, 6.07) is 3.97. The Morgan fingerprint density at radius 2 is 2.55 bits per heavy atom. The van der Waals surface area contributed by atoms with Crippen molar-refractivity contribution in [2.45, 2.75) is 19.4 Å². The summed E-state index contributed by atoms with van der Waals surface area (Å²) in [6.07, 6.45) is 0.884. The minimum atomic E-state index is 0.0321. The van der Waals surface area contributed by atoms with Crippen molar-refractivity contribution in [2.24, 2.45) is 5.73 Å². The summed E-state index contributed by atoms with van der Waals surface area (Å²) in [5.74, 6) is 0. The van der Waals surface area contributed by atoms with Gasteiger partial charge in [0.25, 0.3) is 0 Å². The molecule has 11 heavy (non-hydrogen) atoms. The lowest BCUT2D eigenvalue weighted by molar-refractivity contribution is 0.710. The zero-order chi connectivity index (χ0) is 8.27. The van der Waals surface area contributed by atoms with Crippen molar-refractivity contribution in [3.63, 3.8) is 0 Å². The second kappa shape index (κ2) is 3.51. The molecule has 0 aliphatic carbocycles. The van der Waals surface area contributed by atoms with Gasteiger partial charge in [-0.05, 0) is 17.9 Å². The van der Waals surface area contributed by atoms with Crippen molar-refractivity contribution in [1.82, 2.24) is 0 Å². The Kier molecular flexibility index (Phi) is 2.64. The molecule has 1 heterocycles. The van der Waals surface area contributed by atoms with Crippen LogP contribution in [0.15, 0.2) is 11.4 Å². The smallest absolute Gasteiger partial charge is 0.100 e. The van der Waals surface area contributed by atoms with Crippen molar-refractivity contribution in [3.8, 4) is 6.07 Å². The number of rotatable bonds is 2. The van der Waals surface area contributed by atoms with Crippen LogP contribution in [0.4, 0.5) is 0 Å². The first-order valence-electron chi connectivity index (χ1n) is 3.52. The van der Waals surface area contributed by atoms with Gasteiger partial charge in [0.2, 0.25) is 0 Å². The van der Waals surface area contributed by atoms with Crippen LogP contribution in [0.3, 0.4) is 0 Å². The van der Waals surface area contributed by atoms with E-state index in [0.717, 1.165) is 16.9 Å². The van der Waals surface area contributed by atoms with Crippen LogP contribution in [0.2, 0.25) is 0 Å². The second-order valence-corrected chi connectivity index (χ2v) is 3.27. The fourth-order valence-corrected chi connectivity index (χ4v) is 1.82. The van der Waals surface area contributed by atoms with E-state index >= 15 is 0 Å². The normalized spacial score (nSPS) is 12.5. The highest BCUT2D eigenvalue weighted by Gasteiger charge is 2.09. The monoisotopic (exact) mass is 166 g/mol. The second-order valence-electron chi connectivity index (χ2n) is 2.33. The highest BCUT2D eigenvalue weighted by atomic mass is 32.1. The number of thiophene rings is 1. The highest BCUT2D eigenvalue weighted by Crippen LogP contribution is 2.23. The van der Waals surface area contributed by atoms with Gasteiger partial charge >= 0.3 is 0 Å². The number of nitrogens with zero attached hydrogens (tertiary/aromatic N) is 1. The van der Waals surface area contributed by atoms with Crippen LogP contribution in [-0.4, -0.2) is 0 Å². The molecule has 0 bridgehead atoms. The average Bonchev–Trinajstić information content (AvgIpc) is 2.50.